The number of halogens is 2. The van der Waals surface area contributed by atoms with E-state index in [4.69, 9.17) is 0 Å². The number of amides is 2. The molecule has 1 heterocycles. The Morgan fingerprint density at radius 1 is 1.09 bits per heavy atom. The van der Waals surface area contributed by atoms with Crippen LogP contribution in [0, 0.1) is 17.6 Å². The molecule has 3 rings (SSSR count). The van der Waals surface area contributed by atoms with Crippen LogP contribution in [0.2, 0.25) is 0 Å². The van der Waals surface area contributed by atoms with Crippen molar-refractivity contribution in [2.45, 2.75) is 37.6 Å². The van der Waals surface area contributed by atoms with Crippen molar-refractivity contribution < 1.29 is 22.0 Å². The van der Waals surface area contributed by atoms with E-state index in [0.717, 1.165) is 17.8 Å². The maximum Gasteiger partial charge on any atom is 0.323 e. The summed E-state index contributed by atoms with van der Waals surface area (Å²) in [6, 6.07) is 7.53. The van der Waals surface area contributed by atoms with Gasteiger partial charge in [-0.3, -0.25) is 0 Å². The summed E-state index contributed by atoms with van der Waals surface area (Å²) in [6.07, 6.45) is 1.01. The molecule has 10 heteroatoms. The molecule has 1 fully saturated rings. The van der Waals surface area contributed by atoms with Gasteiger partial charge in [-0.05, 0) is 49.1 Å². The van der Waals surface area contributed by atoms with Crippen molar-refractivity contribution in [2.24, 2.45) is 5.92 Å². The number of benzene rings is 2. The SMILES string of the molecule is CC(C)CN(c1ccc(S)cc1NC(=O)Nc1ccc(F)cc1F)C1CCS(=O)(=O)CC1. The monoisotopic (exact) mass is 483 g/mol. The molecule has 0 unspecified atom stereocenters. The van der Waals surface area contributed by atoms with Crippen LogP contribution in [0.3, 0.4) is 0 Å². The predicted octanol–water partition coefficient (Wildman–Crippen LogP) is 4.94. The Balaban J connectivity index is 1.86. The predicted molar refractivity (Wildman–Crippen MR) is 127 cm³/mol. The fraction of sp³-hybridized carbons (Fsp3) is 0.409. The van der Waals surface area contributed by atoms with Crippen LogP contribution in [-0.2, 0) is 9.84 Å². The minimum Gasteiger partial charge on any atom is -0.367 e. The van der Waals surface area contributed by atoms with Crippen molar-refractivity contribution in [1.82, 2.24) is 0 Å². The maximum atomic E-state index is 13.9. The summed E-state index contributed by atoms with van der Waals surface area (Å²) in [6.45, 7) is 4.80. The zero-order chi connectivity index (χ0) is 23.5. The molecule has 0 aromatic heterocycles. The van der Waals surface area contributed by atoms with Crippen LogP contribution in [0.25, 0.3) is 0 Å². The summed E-state index contributed by atoms with van der Waals surface area (Å²) in [4.78, 5) is 15.3. The highest BCUT2D eigenvalue weighted by molar-refractivity contribution is 7.91. The Morgan fingerprint density at radius 2 is 1.75 bits per heavy atom. The molecule has 0 aliphatic carbocycles. The standard InChI is InChI=1S/C22H27F2N3O3S2/c1-14(2)13-27(16-7-9-32(29,30)10-8-16)21-6-4-17(31)12-20(21)26-22(28)25-19-5-3-15(23)11-18(19)24/h3-6,11-12,14,16,31H,7-10,13H2,1-2H3,(H2,25,26,28). The molecule has 0 saturated carbocycles. The molecular formula is C22H27F2N3O3S2. The third kappa shape index (κ3) is 6.35. The van der Waals surface area contributed by atoms with E-state index in [1.54, 1.807) is 12.1 Å². The molecule has 0 spiro atoms. The van der Waals surface area contributed by atoms with Gasteiger partial charge >= 0.3 is 6.03 Å². The van der Waals surface area contributed by atoms with Gasteiger partial charge in [-0.1, -0.05) is 13.8 Å². The van der Waals surface area contributed by atoms with Gasteiger partial charge in [0, 0.05) is 23.5 Å². The third-order valence-corrected chi connectivity index (χ3v) is 7.24. The lowest BCUT2D eigenvalue weighted by Gasteiger charge is -2.38. The Hall–Kier alpha value is -2.33. The smallest absolute Gasteiger partial charge is 0.323 e. The number of carbonyl (C=O) groups is 1. The van der Waals surface area contributed by atoms with Crippen LogP contribution in [0.15, 0.2) is 41.3 Å². The van der Waals surface area contributed by atoms with Crippen LogP contribution >= 0.6 is 12.6 Å². The Labute approximate surface area is 192 Å². The quantitative estimate of drug-likeness (QED) is 0.509. The molecule has 0 bridgehead atoms. The number of carbonyl (C=O) groups excluding carboxylic acids is 1. The molecule has 0 radical (unpaired) electrons. The first kappa shape index (κ1) is 24.3. The fourth-order valence-corrected chi connectivity index (χ4v) is 5.44. The summed E-state index contributed by atoms with van der Waals surface area (Å²) in [5.74, 6) is -1.07. The van der Waals surface area contributed by atoms with E-state index >= 15 is 0 Å². The first-order valence-electron chi connectivity index (χ1n) is 10.4. The third-order valence-electron chi connectivity index (χ3n) is 5.24. The molecule has 2 aromatic rings. The van der Waals surface area contributed by atoms with Crippen LogP contribution in [0.4, 0.5) is 30.6 Å². The van der Waals surface area contributed by atoms with Crippen molar-refractivity contribution in [3.05, 3.63) is 48.0 Å². The largest absolute Gasteiger partial charge is 0.367 e. The van der Waals surface area contributed by atoms with Crippen molar-refractivity contribution in [1.29, 1.82) is 0 Å². The number of thiol groups is 1. The molecule has 2 N–H and O–H groups in total. The Kier molecular flexibility index (Phi) is 7.66. The van der Waals surface area contributed by atoms with Gasteiger partial charge in [0.2, 0.25) is 0 Å². The number of anilines is 3. The van der Waals surface area contributed by atoms with Gasteiger partial charge in [-0.15, -0.1) is 12.6 Å². The lowest BCUT2D eigenvalue weighted by Crippen LogP contribution is -2.43. The minimum absolute atomic E-state index is 0.00449. The number of urea groups is 1. The van der Waals surface area contributed by atoms with E-state index in [-0.39, 0.29) is 23.2 Å². The second kappa shape index (κ2) is 10.1. The van der Waals surface area contributed by atoms with E-state index in [2.05, 4.69) is 42.0 Å². The highest BCUT2D eigenvalue weighted by Gasteiger charge is 2.30. The summed E-state index contributed by atoms with van der Waals surface area (Å²) in [7, 11) is -3.02. The second-order valence-electron chi connectivity index (χ2n) is 8.33. The van der Waals surface area contributed by atoms with Gasteiger partial charge in [0.05, 0.1) is 28.6 Å². The first-order valence-corrected chi connectivity index (χ1v) is 12.6. The van der Waals surface area contributed by atoms with E-state index in [0.29, 0.717) is 42.0 Å². The number of hydrogen-bond donors (Lipinski definition) is 3. The van der Waals surface area contributed by atoms with Crippen molar-refractivity contribution in [2.75, 3.05) is 33.6 Å². The van der Waals surface area contributed by atoms with Crippen LogP contribution < -0.4 is 15.5 Å². The number of hydrogen-bond acceptors (Lipinski definition) is 5. The molecule has 2 aromatic carbocycles. The molecule has 1 aliphatic heterocycles. The van der Waals surface area contributed by atoms with Crippen LogP contribution in [-0.4, -0.2) is 38.5 Å². The maximum absolute atomic E-state index is 13.9. The average molecular weight is 484 g/mol. The molecular weight excluding hydrogens is 456 g/mol. The van der Waals surface area contributed by atoms with E-state index in [1.165, 1.54) is 0 Å². The molecule has 6 nitrogen and oxygen atoms in total. The fourth-order valence-electron chi connectivity index (χ4n) is 3.77. The van der Waals surface area contributed by atoms with Gasteiger partial charge in [0.25, 0.3) is 0 Å². The van der Waals surface area contributed by atoms with Crippen molar-refractivity contribution in [3.63, 3.8) is 0 Å². The van der Waals surface area contributed by atoms with Crippen molar-refractivity contribution >= 4 is 45.6 Å². The lowest BCUT2D eigenvalue weighted by molar-refractivity contribution is 0.262. The normalized spacial score (nSPS) is 16.1. The number of nitrogens with one attached hydrogen (secondary N) is 2. The van der Waals surface area contributed by atoms with E-state index < -0.39 is 27.5 Å². The Bertz CT molecular complexity index is 1080. The summed E-state index contributed by atoms with van der Waals surface area (Å²) < 4.78 is 50.9. The lowest BCUT2D eigenvalue weighted by atomic mass is 10.0. The zero-order valence-corrected chi connectivity index (χ0v) is 19.6. The van der Waals surface area contributed by atoms with Crippen LogP contribution in [0.5, 0.6) is 0 Å². The number of rotatable bonds is 6. The minimum atomic E-state index is -3.02. The van der Waals surface area contributed by atoms with Gasteiger partial charge in [-0.2, -0.15) is 0 Å². The molecule has 174 valence electrons. The van der Waals surface area contributed by atoms with E-state index in [9.17, 15) is 22.0 Å². The summed E-state index contributed by atoms with van der Waals surface area (Å²) >= 11 is 4.37. The molecule has 32 heavy (non-hydrogen) atoms. The number of nitrogens with zero attached hydrogens (tertiary/aromatic N) is 1. The second-order valence-corrected chi connectivity index (χ2v) is 11.2. The topological polar surface area (TPSA) is 78.5 Å². The highest BCUT2D eigenvalue weighted by Crippen LogP contribution is 2.34. The van der Waals surface area contributed by atoms with Crippen LogP contribution in [0.1, 0.15) is 26.7 Å². The first-order chi connectivity index (χ1) is 15.0. The zero-order valence-electron chi connectivity index (χ0n) is 17.9. The molecule has 1 saturated heterocycles. The molecule has 1 aliphatic rings. The van der Waals surface area contributed by atoms with Crippen molar-refractivity contribution in [3.8, 4) is 0 Å². The summed E-state index contributed by atoms with van der Waals surface area (Å²) in [5.41, 5.74) is 1.05. The average Bonchev–Trinajstić information content (AvgIpc) is 2.69. The molecule has 2 amide bonds. The van der Waals surface area contributed by atoms with E-state index in [1.807, 2.05) is 6.07 Å². The highest BCUT2D eigenvalue weighted by atomic mass is 32.2. The Morgan fingerprint density at radius 3 is 2.38 bits per heavy atom. The molecule has 0 atom stereocenters. The summed E-state index contributed by atoms with van der Waals surface area (Å²) in [5, 5.41) is 5.12. The van der Waals surface area contributed by atoms with Gasteiger partial charge in [0.1, 0.15) is 21.5 Å². The number of sulfone groups is 1. The van der Waals surface area contributed by atoms with Gasteiger partial charge in [-0.25, -0.2) is 22.0 Å². The van der Waals surface area contributed by atoms with Gasteiger partial charge < -0.3 is 15.5 Å². The van der Waals surface area contributed by atoms with Gasteiger partial charge in [0.15, 0.2) is 0 Å².